The van der Waals surface area contributed by atoms with Gasteiger partial charge < -0.3 is 10.2 Å². The molecule has 0 spiro atoms. The van der Waals surface area contributed by atoms with E-state index in [1.54, 1.807) is 0 Å². The zero-order valence-electron chi connectivity index (χ0n) is 10.5. The zero-order chi connectivity index (χ0) is 11.9. The van der Waals surface area contributed by atoms with Crippen molar-refractivity contribution in [1.82, 2.24) is 5.32 Å². The number of fused-ring (bicyclic) bond motifs is 2. The summed E-state index contributed by atoms with van der Waals surface area (Å²) in [4.78, 5) is 2.58. The Balaban J connectivity index is 1.75. The van der Waals surface area contributed by atoms with Gasteiger partial charge in [-0.15, -0.1) is 0 Å². The number of hydrogen-bond donors (Lipinski definition) is 1. The molecule has 2 saturated heterocycles. The molecule has 0 saturated carbocycles. The van der Waals surface area contributed by atoms with Gasteiger partial charge in [0, 0.05) is 37.3 Å². The van der Waals surface area contributed by atoms with E-state index in [0.29, 0.717) is 0 Å². The van der Waals surface area contributed by atoms with Gasteiger partial charge in [-0.3, -0.25) is 0 Å². The lowest BCUT2D eigenvalue weighted by molar-refractivity contribution is 0.533. The molecule has 1 N–H and O–H groups in total. The van der Waals surface area contributed by atoms with E-state index in [-0.39, 0.29) is 0 Å². The maximum Gasteiger partial charge on any atom is 0.0446 e. The average Bonchev–Trinajstić information content (AvgIpc) is 2.99. The molecule has 2 aromatic carbocycles. The largest absolute Gasteiger partial charge is 0.370 e. The van der Waals surface area contributed by atoms with Crippen LogP contribution in [0.1, 0.15) is 0 Å². The molecule has 0 bridgehead atoms. The summed E-state index contributed by atoms with van der Waals surface area (Å²) in [6, 6.07) is 15.4. The van der Waals surface area contributed by atoms with Crippen molar-refractivity contribution in [2.45, 2.75) is 0 Å². The van der Waals surface area contributed by atoms with Gasteiger partial charge in [-0.2, -0.15) is 0 Å². The molecule has 4 rings (SSSR count). The van der Waals surface area contributed by atoms with Gasteiger partial charge >= 0.3 is 0 Å². The van der Waals surface area contributed by atoms with Crippen LogP contribution in [0, 0.1) is 11.8 Å². The molecule has 0 radical (unpaired) electrons. The minimum Gasteiger partial charge on any atom is -0.370 e. The normalized spacial score (nSPS) is 26.8. The first kappa shape index (κ1) is 10.4. The molecule has 2 aliphatic heterocycles. The van der Waals surface area contributed by atoms with Crippen LogP contribution in [0.3, 0.4) is 0 Å². The van der Waals surface area contributed by atoms with E-state index in [9.17, 15) is 0 Å². The van der Waals surface area contributed by atoms with Gasteiger partial charge in [-0.25, -0.2) is 0 Å². The van der Waals surface area contributed by atoms with Crippen LogP contribution in [0.5, 0.6) is 0 Å². The molecule has 2 unspecified atom stereocenters. The number of benzene rings is 2. The van der Waals surface area contributed by atoms with Crippen LogP contribution < -0.4 is 10.2 Å². The predicted octanol–water partition coefficient (Wildman–Crippen LogP) is 2.50. The Hall–Kier alpha value is -1.54. The maximum atomic E-state index is 3.51. The summed E-state index contributed by atoms with van der Waals surface area (Å²) in [6.07, 6.45) is 0. The molecule has 2 heterocycles. The highest BCUT2D eigenvalue weighted by atomic mass is 15.2. The lowest BCUT2D eigenvalue weighted by Crippen LogP contribution is -2.25. The first-order chi connectivity index (χ1) is 8.92. The van der Waals surface area contributed by atoms with Crippen molar-refractivity contribution in [2.24, 2.45) is 11.8 Å². The van der Waals surface area contributed by atoms with E-state index in [4.69, 9.17) is 0 Å². The van der Waals surface area contributed by atoms with Crippen LogP contribution in [0.2, 0.25) is 0 Å². The monoisotopic (exact) mass is 238 g/mol. The third kappa shape index (κ3) is 1.52. The summed E-state index contributed by atoms with van der Waals surface area (Å²) in [5.41, 5.74) is 1.42. The minimum absolute atomic E-state index is 0.851. The molecular formula is C16H18N2. The molecule has 92 valence electrons. The quantitative estimate of drug-likeness (QED) is 0.821. The third-order valence-corrected chi connectivity index (χ3v) is 4.50. The smallest absolute Gasteiger partial charge is 0.0446 e. The van der Waals surface area contributed by atoms with Crippen LogP contribution in [-0.2, 0) is 0 Å². The topological polar surface area (TPSA) is 15.3 Å². The molecule has 2 fully saturated rings. The Morgan fingerprint density at radius 2 is 1.61 bits per heavy atom. The summed E-state index contributed by atoms with van der Waals surface area (Å²) in [6.45, 7) is 4.83. The highest BCUT2D eigenvalue weighted by Gasteiger charge is 2.36. The van der Waals surface area contributed by atoms with E-state index in [1.165, 1.54) is 42.6 Å². The van der Waals surface area contributed by atoms with Crippen molar-refractivity contribution in [3.8, 4) is 0 Å². The molecule has 2 aliphatic rings. The van der Waals surface area contributed by atoms with Gasteiger partial charge in [0.05, 0.1) is 0 Å². The molecule has 2 aromatic rings. The average molecular weight is 238 g/mol. The number of rotatable bonds is 1. The van der Waals surface area contributed by atoms with Crippen molar-refractivity contribution in [1.29, 1.82) is 0 Å². The fourth-order valence-corrected chi connectivity index (χ4v) is 3.54. The molecule has 2 nitrogen and oxygen atoms in total. The number of nitrogens with one attached hydrogen (secondary N) is 1. The number of nitrogens with zero attached hydrogens (tertiary/aromatic N) is 1. The van der Waals surface area contributed by atoms with Crippen LogP contribution in [-0.4, -0.2) is 26.2 Å². The van der Waals surface area contributed by atoms with Gasteiger partial charge in [0.15, 0.2) is 0 Å². The fourth-order valence-electron chi connectivity index (χ4n) is 3.54. The van der Waals surface area contributed by atoms with Gasteiger partial charge in [0.2, 0.25) is 0 Å². The van der Waals surface area contributed by atoms with E-state index >= 15 is 0 Å². The predicted molar refractivity (Wildman–Crippen MR) is 76.0 cm³/mol. The second-order valence-corrected chi connectivity index (χ2v) is 5.58. The highest BCUT2D eigenvalue weighted by Crippen LogP contribution is 2.34. The maximum absolute atomic E-state index is 3.51. The summed E-state index contributed by atoms with van der Waals surface area (Å²) < 4.78 is 0. The highest BCUT2D eigenvalue weighted by molar-refractivity contribution is 5.94. The zero-order valence-corrected chi connectivity index (χ0v) is 10.5. The van der Waals surface area contributed by atoms with E-state index in [1.807, 2.05) is 0 Å². The van der Waals surface area contributed by atoms with Crippen molar-refractivity contribution in [2.75, 3.05) is 31.1 Å². The second kappa shape index (κ2) is 3.99. The summed E-state index contributed by atoms with van der Waals surface area (Å²) in [7, 11) is 0. The summed E-state index contributed by atoms with van der Waals surface area (Å²) in [5, 5.41) is 6.26. The Kier molecular flexibility index (Phi) is 2.30. The lowest BCUT2D eigenvalue weighted by Gasteiger charge is -2.21. The molecule has 2 heteroatoms. The Morgan fingerprint density at radius 1 is 0.889 bits per heavy atom. The molecule has 0 aliphatic carbocycles. The molecular weight excluding hydrogens is 220 g/mol. The van der Waals surface area contributed by atoms with Crippen molar-refractivity contribution in [3.63, 3.8) is 0 Å². The van der Waals surface area contributed by atoms with Gasteiger partial charge in [-0.1, -0.05) is 36.4 Å². The van der Waals surface area contributed by atoms with Crippen LogP contribution in [0.4, 0.5) is 5.69 Å². The van der Waals surface area contributed by atoms with Crippen molar-refractivity contribution >= 4 is 16.5 Å². The summed E-state index contributed by atoms with van der Waals surface area (Å²) >= 11 is 0. The standard InChI is InChI=1S/C16H18N2/c1-2-6-15-12(4-1)5-3-7-16(15)18-10-13-8-17-9-14(13)11-18/h1-7,13-14,17H,8-11H2. The second-order valence-electron chi connectivity index (χ2n) is 5.58. The number of anilines is 1. The Labute approximate surface area is 108 Å². The first-order valence-electron chi connectivity index (χ1n) is 6.85. The molecule has 2 atom stereocenters. The van der Waals surface area contributed by atoms with Crippen LogP contribution >= 0.6 is 0 Å². The summed E-state index contributed by atoms with van der Waals surface area (Å²) in [5.74, 6) is 1.70. The van der Waals surface area contributed by atoms with Gasteiger partial charge in [0.25, 0.3) is 0 Å². The van der Waals surface area contributed by atoms with E-state index in [0.717, 1.165) is 11.8 Å². The SMILES string of the molecule is c1ccc2c(N3CC4CNCC4C3)cccc2c1. The van der Waals surface area contributed by atoms with Crippen molar-refractivity contribution < 1.29 is 0 Å². The minimum atomic E-state index is 0.851. The fraction of sp³-hybridized carbons (Fsp3) is 0.375. The van der Waals surface area contributed by atoms with Gasteiger partial charge in [-0.05, 0) is 23.3 Å². The van der Waals surface area contributed by atoms with E-state index in [2.05, 4.69) is 52.7 Å². The molecule has 0 aromatic heterocycles. The third-order valence-electron chi connectivity index (χ3n) is 4.50. The lowest BCUT2D eigenvalue weighted by atomic mass is 10.0. The van der Waals surface area contributed by atoms with Crippen LogP contribution in [0.25, 0.3) is 10.8 Å². The number of hydrogen-bond acceptors (Lipinski definition) is 2. The van der Waals surface area contributed by atoms with E-state index < -0.39 is 0 Å². The molecule has 18 heavy (non-hydrogen) atoms. The first-order valence-corrected chi connectivity index (χ1v) is 6.85. The Morgan fingerprint density at radius 3 is 2.44 bits per heavy atom. The molecule has 0 amide bonds. The Bertz CT molecular complexity index is 561. The van der Waals surface area contributed by atoms with Gasteiger partial charge in [0.1, 0.15) is 0 Å². The van der Waals surface area contributed by atoms with Crippen molar-refractivity contribution in [3.05, 3.63) is 42.5 Å². The van der Waals surface area contributed by atoms with Crippen LogP contribution in [0.15, 0.2) is 42.5 Å².